The standard InChI is InChI=1S/C26H21F2N3O3S/c1-15-7-9-18(11-16(15)2)31-24(33)14-35-26(31)19-5-3-4-6-22(19)30(25(26)34)13-23(32)29-21-10-8-17(27)12-20(21)28/h3-12H,13-14H2,1-2H3,(H,29,32)/t26-/m1/s1. The maximum Gasteiger partial charge on any atom is 0.269 e. The van der Waals surface area contributed by atoms with Gasteiger partial charge in [0, 0.05) is 17.3 Å². The van der Waals surface area contributed by atoms with Crippen LogP contribution >= 0.6 is 11.8 Å². The number of para-hydroxylation sites is 1. The quantitative estimate of drug-likeness (QED) is 0.581. The second-order valence-corrected chi connectivity index (χ2v) is 9.68. The van der Waals surface area contributed by atoms with Crippen molar-refractivity contribution in [2.24, 2.45) is 0 Å². The molecule has 1 fully saturated rings. The predicted molar refractivity (Wildman–Crippen MR) is 131 cm³/mol. The number of nitrogens with one attached hydrogen (secondary N) is 1. The fraction of sp³-hybridized carbons (Fsp3) is 0.192. The molecule has 0 radical (unpaired) electrons. The van der Waals surface area contributed by atoms with Crippen LogP contribution in [0, 0.1) is 25.5 Å². The van der Waals surface area contributed by atoms with Crippen molar-refractivity contribution in [3.8, 4) is 0 Å². The minimum absolute atomic E-state index is 0.105. The molecule has 0 aliphatic carbocycles. The first-order valence-electron chi connectivity index (χ1n) is 10.9. The van der Waals surface area contributed by atoms with Gasteiger partial charge in [-0.1, -0.05) is 24.3 Å². The van der Waals surface area contributed by atoms with E-state index in [-0.39, 0.29) is 17.3 Å². The van der Waals surface area contributed by atoms with E-state index >= 15 is 0 Å². The summed E-state index contributed by atoms with van der Waals surface area (Å²) in [6, 6.07) is 15.5. The normalized spacial score (nSPS) is 19.0. The van der Waals surface area contributed by atoms with E-state index < -0.39 is 34.9 Å². The molecule has 0 aromatic heterocycles. The van der Waals surface area contributed by atoms with Crippen LogP contribution in [0.2, 0.25) is 0 Å². The summed E-state index contributed by atoms with van der Waals surface area (Å²) < 4.78 is 27.3. The smallest absolute Gasteiger partial charge is 0.269 e. The maximum atomic E-state index is 14.0. The fourth-order valence-electron chi connectivity index (χ4n) is 4.50. The van der Waals surface area contributed by atoms with E-state index in [1.165, 1.54) is 21.6 Å². The minimum atomic E-state index is -1.35. The number of hydrogen-bond acceptors (Lipinski definition) is 4. The van der Waals surface area contributed by atoms with Crippen LogP contribution in [-0.2, 0) is 19.3 Å². The van der Waals surface area contributed by atoms with Crippen molar-refractivity contribution in [1.82, 2.24) is 0 Å². The summed E-state index contributed by atoms with van der Waals surface area (Å²) in [5.41, 5.74) is 3.58. The number of thioether (sulfide) groups is 1. The third-order valence-corrected chi connectivity index (χ3v) is 7.71. The molecular weight excluding hydrogens is 472 g/mol. The number of rotatable bonds is 4. The molecule has 35 heavy (non-hydrogen) atoms. The van der Waals surface area contributed by atoms with Crippen molar-refractivity contribution in [1.29, 1.82) is 0 Å². The molecule has 3 amide bonds. The Hall–Kier alpha value is -3.72. The highest BCUT2D eigenvalue weighted by Gasteiger charge is 2.61. The number of fused-ring (bicyclic) bond motifs is 2. The Morgan fingerprint density at radius 2 is 1.80 bits per heavy atom. The fourth-order valence-corrected chi connectivity index (χ4v) is 5.86. The molecule has 2 aliphatic heterocycles. The van der Waals surface area contributed by atoms with Gasteiger partial charge >= 0.3 is 0 Å². The van der Waals surface area contributed by atoms with Crippen molar-refractivity contribution in [2.45, 2.75) is 18.7 Å². The number of halogens is 2. The minimum Gasteiger partial charge on any atom is -0.322 e. The molecule has 6 nitrogen and oxygen atoms in total. The molecule has 1 N–H and O–H groups in total. The van der Waals surface area contributed by atoms with E-state index in [4.69, 9.17) is 0 Å². The lowest BCUT2D eigenvalue weighted by Gasteiger charge is -2.33. The number of anilines is 3. The van der Waals surface area contributed by atoms with E-state index in [9.17, 15) is 23.2 Å². The number of nitrogens with zero attached hydrogens (tertiary/aromatic N) is 2. The van der Waals surface area contributed by atoms with Crippen molar-refractivity contribution in [3.63, 3.8) is 0 Å². The summed E-state index contributed by atoms with van der Waals surface area (Å²) in [7, 11) is 0. The lowest BCUT2D eigenvalue weighted by atomic mass is 10.0. The number of hydrogen-bond donors (Lipinski definition) is 1. The van der Waals surface area contributed by atoms with Crippen LogP contribution in [0.4, 0.5) is 25.8 Å². The Kier molecular flexibility index (Phi) is 5.59. The number of benzene rings is 3. The third kappa shape index (κ3) is 3.67. The largest absolute Gasteiger partial charge is 0.322 e. The Balaban J connectivity index is 1.52. The van der Waals surface area contributed by atoms with Crippen LogP contribution in [0.15, 0.2) is 60.7 Å². The number of aryl methyl sites for hydroxylation is 2. The van der Waals surface area contributed by atoms with Gasteiger partial charge in [0.25, 0.3) is 5.91 Å². The van der Waals surface area contributed by atoms with Crippen LogP contribution in [0.25, 0.3) is 0 Å². The molecule has 1 atom stereocenters. The molecule has 3 aromatic rings. The van der Waals surface area contributed by atoms with Gasteiger partial charge in [0.1, 0.15) is 18.2 Å². The Morgan fingerprint density at radius 1 is 1.03 bits per heavy atom. The first-order valence-corrected chi connectivity index (χ1v) is 11.9. The molecular formula is C26H21F2N3O3S. The topological polar surface area (TPSA) is 69.7 Å². The average molecular weight is 494 g/mol. The molecule has 0 bridgehead atoms. The van der Waals surface area contributed by atoms with Gasteiger partial charge in [0.2, 0.25) is 16.7 Å². The zero-order valence-corrected chi connectivity index (χ0v) is 19.8. The van der Waals surface area contributed by atoms with E-state index in [0.29, 0.717) is 23.0 Å². The molecule has 5 rings (SSSR count). The number of carbonyl (C=O) groups excluding carboxylic acids is 3. The zero-order chi connectivity index (χ0) is 24.9. The van der Waals surface area contributed by atoms with Crippen molar-refractivity contribution in [2.75, 3.05) is 27.4 Å². The van der Waals surface area contributed by atoms with Crippen molar-refractivity contribution < 1.29 is 23.2 Å². The first-order chi connectivity index (χ1) is 16.7. The summed E-state index contributed by atoms with van der Waals surface area (Å²) in [6.07, 6.45) is 0. The first kappa shape index (κ1) is 23.0. The van der Waals surface area contributed by atoms with Gasteiger partial charge in [0.05, 0.1) is 17.1 Å². The van der Waals surface area contributed by atoms with Crippen LogP contribution in [0.1, 0.15) is 16.7 Å². The van der Waals surface area contributed by atoms with E-state index in [1.807, 2.05) is 32.0 Å². The van der Waals surface area contributed by atoms with Crippen LogP contribution in [0.3, 0.4) is 0 Å². The van der Waals surface area contributed by atoms with Gasteiger partial charge in [-0.2, -0.15) is 0 Å². The highest BCUT2D eigenvalue weighted by molar-refractivity contribution is 8.02. The van der Waals surface area contributed by atoms with Crippen LogP contribution in [-0.4, -0.2) is 30.0 Å². The second kappa shape index (κ2) is 8.49. The molecule has 9 heteroatoms. The zero-order valence-electron chi connectivity index (χ0n) is 19.0. The lowest BCUT2D eigenvalue weighted by Crippen LogP contribution is -2.51. The Bertz CT molecular complexity index is 1400. The molecule has 2 heterocycles. The number of amides is 3. The second-order valence-electron chi connectivity index (χ2n) is 8.51. The molecule has 3 aromatic carbocycles. The highest BCUT2D eigenvalue weighted by atomic mass is 32.2. The molecule has 0 saturated carbocycles. The third-order valence-electron chi connectivity index (χ3n) is 6.32. The SMILES string of the molecule is Cc1ccc(N2C(=O)CS[C@]23C(=O)N(CC(=O)Nc2ccc(F)cc2F)c2ccccc23)cc1C. The summed E-state index contributed by atoms with van der Waals surface area (Å²) in [4.78, 5) is 41.4. The maximum absolute atomic E-state index is 14.0. The van der Waals surface area contributed by atoms with Gasteiger partial charge in [-0.25, -0.2) is 8.78 Å². The van der Waals surface area contributed by atoms with E-state index in [2.05, 4.69) is 5.32 Å². The molecule has 0 unspecified atom stereocenters. The van der Waals surface area contributed by atoms with Gasteiger partial charge in [0.15, 0.2) is 0 Å². The average Bonchev–Trinajstić information content (AvgIpc) is 3.29. The molecule has 178 valence electrons. The van der Waals surface area contributed by atoms with Gasteiger partial charge in [-0.3, -0.25) is 24.2 Å². The Morgan fingerprint density at radius 3 is 2.54 bits per heavy atom. The highest BCUT2D eigenvalue weighted by Crippen LogP contribution is 2.55. The van der Waals surface area contributed by atoms with Gasteiger partial charge < -0.3 is 5.32 Å². The van der Waals surface area contributed by atoms with E-state index in [0.717, 1.165) is 23.3 Å². The van der Waals surface area contributed by atoms with Gasteiger partial charge in [-0.05, 0) is 55.3 Å². The lowest BCUT2D eigenvalue weighted by molar-refractivity contribution is -0.124. The van der Waals surface area contributed by atoms with Crippen LogP contribution < -0.4 is 15.1 Å². The monoisotopic (exact) mass is 493 g/mol. The molecule has 2 aliphatic rings. The van der Waals surface area contributed by atoms with E-state index in [1.54, 1.807) is 24.3 Å². The Labute approximate surface area is 204 Å². The summed E-state index contributed by atoms with van der Waals surface area (Å²) in [6.45, 7) is 3.51. The molecule has 1 saturated heterocycles. The van der Waals surface area contributed by atoms with Crippen molar-refractivity contribution >= 4 is 46.5 Å². The van der Waals surface area contributed by atoms with Crippen LogP contribution in [0.5, 0.6) is 0 Å². The summed E-state index contributed by atoms with van der Waals surface area (Å²) in [5.74, 6) is -2.86. The number of carbonyl (C=O) groups is 3. The predicted octanol–water partition coefficient (Wildman–Crippen LogP) is 4.50. The molecule has 1 spiro atoms. The summed E-state index contributed by atoms with van der Waals surface area (Å²) in [5, 5.41) is 2.40. The van der Waals surface area contributed by atoms with Crippen molar-refractivity contribution in [3.05, 3.63) is 89.0 Å². The summed E-state index contributed by atoms with van der Waals surface area (Å²) >= 11 is 1.21. The van der Waals surface area contributed by atoms with Gasteiger partial charge in [-0.15, -0.1) is 11.8 Å².